The molecule has 136 valence electrons. The first-order valence-electron chi connectivity index (χ1n) is 9.23. The minimum absolute atomic E-state index is 0.0963. The second-order valence-corrected chi connectivity index (χ2v) is 7.99. The SMILES string of the molecule is CC(C)(C)CCc1ccc(-n2cc(COC3CCCCO3)nn2)cc1. The maximum atomic E-state index is 5.76. The van der Waals surface area contributed by atoms with Crippen molar-refractivity contribution < 1.29 is 9.47 Å². The maximum absolute atomic E-state index is 5.76. The van der Waals surface area contributed by atoms with Crippen molar-refractivity contribution in [1.82, 2.24) is 15.0 Å². The van der Waals surface area contributed by atoms with Crippen LogP contribution >= 0.6 is 0 Å². The van der Waals surface area contributed by atoms with Gasteiger partial charge in [0.15, 0.2) is 6.29 Å². The molecule has 3 rings (SSSR count). The summed E-state index contributed by atoms with van der Waals surface area (Å²) in [5, 5.41) is 8.41. The van der Waals surface area contributed by atoms with Crippen LogP contribution < -0.4 is 0 Å². The summed E-state index contributed by atoms with van der Waals surface area (Å²) >= 11 is 0. The van der Waals surface area contributed by atoms with Gasteiger partial charge in [-0.25, -0.2) is 4.68 Å². The van der Waals surface area contributed by atoms with E-state index in [2.05, 4.69) is 55.3 Å². The summed E-state index contributed by atoms with van der Waals surface area (Å²) in [6.07, 6.45) is 7.36. The summed E-state index contributed by atoms with van der Waals surface area (Å²) in [5.41, 5.74) is 3.57. The van der Waals surface area contributed by atoms with Crippen LogP contribution in [-0.4, -0.2) is 27.9 Å². The van der Waals surface area contributed by atoms with Crippen molar-refractivity contribution in [2.24, 2.45) is 5.41 Å². The topological polar surface area (TPSA) is 49.2 Å². The lowest BCUT2D eigenvalue weighted by Crippen LogP contribution is -2.22. The minimum atomic E-state index is -0.0963. The molecule has 0 N–H and O–H groups in total. The molecule has 0 bridgehead atoms. The van der Waals surface area contributed by atoms with E-state index in [1.165, 1.54) is 18.4 Å². The van der Waals surface area contributed by atoms with Gasteiger partial charge in [0.1, 0.15) is 5.69 Å². The van der Waals surface area contributed by atoms with Gasteiger partial charge in [-0.15, -0.1) is 5.10 Å². The quantitative estimate of drug-likeness (QED) is 0.785. The molecule has 0 saturated carbocycles. The number of ether oxygens (including phenoxy) is 2. The van der Waals surface area contributed by atoms with E-state index in [-0.39, 0.29) is 6.29 Å². The number of aromatic nitrogens is 3. The highest BCUT2D eigenvalue weighted by atomic mass is 16.7. The average Bonchev–Trinajstić information content (AvgIpc) is 3.08. The zero-order chi connectivity index (χ0) is 17.7. The van der Waals surface area contributed by atoms with Crippen LogP contribution in [0.1, 0.15) is 57.7 Å². The van der Waals surface area contributed by atoms with E-state index in [0.717, 1.165) is 37.3 Å². The molecule has 1 atom stereocenters. The molecule has 0 amide bonds. The van der Waals surface area contributed by atoms with Crippen molar-refractivity contribution in [2.45, 2.75) is 65.8 Å². The van der Waals surface area contributed by atoms with Crippen molar-refractivity contribution in [1.29, 1.82) is 0 Å². The predicted octanol–water partition coefficient (Wildman–Crippen LogP) is 4.29. The van der Waals surface area contributed by atoms with Crippen LogP contribution in [0, 0.1) is 5.41 Å². The fourth-order valence-corrected chi connectivity index (χ4v) is 2.85. The van der Waals surface area contributed by atoms with Crippen LogP contribution in [-0.2, 0) is 22.5 Å². The first kappa shape index (κ1) is 18.1. The summed E-state index contributed by atoms with van der Waals surface area (Å²) < 4.78 is 13.1. The number of benzene rings is 1. The van der Waals surface area contributed by atoms with Gasteiger partial charge >= 0.3 is 0 Å². The zero-order valence-corrected chi connectivity index (χ0v) is 15.6. The molecule has 1 aromatic carbocycles. The van der Waals surface area contributed by atoms with Crippen LogP contribution in [0.25, 0.3) is 5.69 Å². The maximum Gasteiger partial charge on any atom is 0.158 e. The zero-order valence-electron chi connectivity index (χ0n) is 15.6. The lowest BCUT2D eigenvalue weighted by Gasteiger charge is -2.22. The third kappa shape index (κ3) is 5.65. The largest absolute Gasteiger partial charge is 0.353 e. The summed E-state index contributed by atoms with van der Waals surface area (Å²) in [7, 11) is 0. The molecular weight excluding hydrogens is 314 g/mol. The molecule has 1 aliphatic heterocycles. The predicted molar refractivity (Wildman–Crippen MR) is 97.5 cm³/mol. The Labute approximate surface area is 150 Å². The standard InChI is InChI=1S/C20H29N3O2/c1-20(2,3)12-11-16-7-9-18(10-8-16)23-14-17(21-22-23)15-25-19-6-4-5-13-24-19/h7-10,14,19H,4-6,11-13,15H2,1-3H3. The highest BCUT2D eigenvalue weighted by molar-refractivity contribution is 5.33. The van der Waals surface area contributed by atoms with E-state index < -0.39 is 0 Å². The van der Waals surface area contributed by atoms with Gasteiger partial charge in [0.2, 0.25) is 0 Å². The van der Waals surface area contributed by atoms with Crippen molar-refractivity contribution in [3.05, 3.63) is 41.7 Å². The van der Waals surface area contributed by atoms with Crippen LogP contribution in [0.2, 0.25) is 0 Å². The molecule has 0 radical (unpaired) electrons. The van der Waals surface area contributed by atoms with Gasteiger partial charge in [-0.3, -0.25) is 0 Å². The summed E-state index contributed by atoms with van der Waals surface area (Å²) in [4.78, 5) is 0. The van der Waals surface area contributed by atoms with Crippen molar-refractivity contribution in [3.63, 3.8) is 0 Å². The van der Waals surface area contributed by atoms with Gasteiger partial charge in [0, 0.05) is 6.61 Å². The van der Waals surface area contributed by atoms with Gasteiger partial charge in [0.25, 0.3) is 0 Å². The van der Waals surface area contributed by atoms with Crippen LogP contribution in [0.3, 0.4) is 0 Å². The van der Waals surface area contributed by atoms with Crippen LogP contribution in [0.4, 0.5) is 0 Å². The molecule has 2 aromatic rings. The Kier molecular flexibility index (Phi) is 5.86. The highest BCUT2D eigenvalue weighted by Gasteiger charge is 2.15. The van der Waals surface area contributed by atoms with E-state index in [1.807, 2.05) is 6.20 Å². The van der Waals surface area contributed by atoms with Crippen molar-refractivity contribution in [3.8, 4) is 5.69 Å². The molecule has 1 aliphatic rings. The van der Waals surface area contributed by atoms with Gasteiger partial charge in [-0.1, -0.05) is 38.1 Å². The van der Waals surface area contributed by atoms with E-state index in [0.29, 0.717) is 12.0 Å². The summed E-state index contributed by atoms with van der Waals surface area (Å²) in [6, 6.07) is 8.55. The smallest absolute Gasteiger partial charge is 0.158 e. The molecule has 0 spiro atoms. The molecule has 1 unspecified atom stereocenters. The van der Waals surface area contributed by atoms with E-state index in [1.54, 1.807) is 4.68 Å². The monoisotopic (exact) mass is 343 g/mol. The minimum Gasteiger partial charge on any atom is -0.353 e. The molecule has 5 heteroatoms. The number of hydrogen-bond acceptors (Lipinski definition) is 4. The molecule has 0 aliphatic carbocycles. The normalized spacial score (nSPS) is 18.4. The van der Waals surface area contributed by atoms with Crippen molar-refractivity contribution in [2.75, 3.05) is 6.61 Å². The first-order chi connectivity index (χ1) is 12.0. The number of rotatable bonds is 6. The molecule has 1 aromatic heterocycles. The third-order valence-corrected chi connectivity index (χ3v) is 4.46. The van der Waals surface area contributed by atoms with Gasteiger partial charge in [-0.2, -0.15) is 0 Å². The molecule has 25 heavy (non-hydrogen) atoms. The Morgan fingerprint density at radius 3 is 2.68 bits per heavy atom. The van der Waals surface area contributed by atoms with E-state index >= 15 is 0 Å². The molecule has 1 fully saturated rings. The Balaban J connectivity index is 1.54. The third-order valence-electron chi connectivity index (χ3n) is 4.46. The summed E-state index contributed by atoms with van der Waals surface area (Å²) in [6.45, 7) is 8.06. The number of nitrogens with zero attached hydrogens (tertiary/aromatic N) is 3. The average molecular weight is 343 g/mol. The van der Waals surface area contributed by atoms with E-state index in [9.17, 15) is 0 Å². The first-order valence-corrected chi connectivity index (χ1v) is 9.23. The fourth-order valence-electron chi connectivity index (χ4n) is 2.85. The van der Waals surface area contributed by atoms with E-state index in [4.69, 9.17) is 9.47 Å². The number of hydrogen-bond donors (Lipinski definition) is 0. The van der Waals surface area contributed by atoms with Gasteiger partial charge < -0.3 is 9.47 Å². The molecular formula is C20H29N3O2. The Morgan fingerprint density at radius 1 is 1.20 bits per heavy atom. The number of aryl methyl sites for hydroxylation is 1. The second kappa shape index (κ2) is 8.11. The molecule has 5 nitrogen and oxygen atoms in total. The molecule has 1 saturated heterocycles. The Morgan fingerprint density at radius 2 is 2.00 bits per heavy atom. The van der Waals surface area contributed by atoms with Crippen LogP contribution in [0.15, 0.2) is 30.5 Å². The fraction of sp³-hybridized carbons (Fsp3) is 0.600. The Bertz CT molecular complexity index is 652. The lowest BCUT2D eigenvalue weighted by atomic mass is 9.89. The van der Waals surface area contributed by atoms with Gasteiger partial charge in [0.05, 0.1) is 18.5 Å². The lowest BCUT2D eigenvalue weighted by molar-refractivity contribution is -0.169. The van der Waals surface area contributed by atoms with Gasteiger partial charge in [-0.05, 0) is 55.2 Å². The van der Waals surface area contributed by atoms with Crippen molar-refractivity contribution >= 4 is 0 Å². The second-order valence-electron chi connectivity index (χ2n) is 7.99. The highest BCUT2D eigenvalue weighted by Crippen LogP contribution is 2.22. The Hall–Kier alpha value is -1.72. The molecule has 2 heterocycles. The van der Waals surface area contributed by atoms with Crippen LogP contribution in [0.5, 0.6) is 0 Å². The summed E-state index contributed by atoms with van der Waals surface area (Å²) in [5.74, 6) is 0.